The first-order valence-electron chi connectivity index (χ1n) is 6.97. The summed E-state index contributed by atoms with van der Waals surface area (Å²) in [7, 11) is 0. The summed E-state index contributed by atoms with van der Waals surface area (Å²) in [5.74, 6) is -0.0575. The van der Waals surface area contributed by atoms with Crippen LogP contribution >= 0.6 is 0 Å². The van der Waals surface area contributed by atoms with Crippen molar-refractivity contribution in [1.82, 2.24) is 19.9 Å². The van der Waals surface area contributed by atoms with Crippen LogP contribution < -0.4 is 4.74 Å². The number of aromatic nitrogens is 3. The number of rotatable bonds is 3. The molecule has 108 valence electrons. The van der Waals surface area contributed by atoms with Gasteiger partial charge >= 0.3 is 6.01 Å². The summed E-state index contributed by atoms with van der Waals surface area (Å²) in [5.41, 5.74) is 0.467. The molecule has 1 fully saturated rings. The molecule has 21 heavy (non-hydrogen) atoms. The molecule has 0 bridgehead atoms. The van der Waals surface area contributed by atoms with E-state index < -0.39 is 0 Å². The Morgan fingerprint density at radius 2 is 1.95 bits per heavy atom. The number of hydrogen-bond acceptors (Lipinski definition) is 5. The summed E-state index contributed by atoms with van der Waals surface area (Å²) >= 11 is 0. The van der Waals surface area contributed by atoms with E-state index in [9.17, 15) is 4.79 Å². The zero-order chi connectivity index (χ0) is 14.5. The Morgan fingerprint density at radius 1 is 1.14 bits per heavy atom. The van der Waals surface area contributed by atoms with Crippen molar-refractivity contribution in [3.63, 3.8) is 0 Å². The van der Waals surface area contributed by atoms with Crippen molar-refractivity contribution in [2.75, 3.05) is 13.1 Å². The van der Waals surface area contributed by atoms with Crippen molar-refractivity contribution < 1.29 is 9.53 Å². The highest BCUT2D eigenvalue weighted by Gasteiger charge is 2.26. The zero-order valence-corrected chi connectivity index (χ0v) is 11.6. The van der Waals surface area contributed by atoms with E-state index >= 15 is 0 Å². The maximum atomic E-state index is 12.4. The Labute approximate surface area is 122 Å². The number of carbonyl (C=O) groups excluding carboxylic acids is 1. The van der Waals surface area contributed by atoms with Crippen LogP contribution in [0.5, 0.6) is 6.01 Å². The van der Waals surface area contributed by atoms with Gasteiger partial charge < -0.3 is 9.64 Å². The molecule has 0 unspecified atom stereocenters. The Balaban J connectivity index is 1.64. The van der Waals surface area contributed by atoms with Gasteiger partial charge in [-0.05, 0) is 31.0 Å². The van der Waals surface area contributed by atoms with Crippen molar-refractivity contribution in [3.8, 4) is 6.01 Å². The van der Waals surface area contributed by atoms with Gasteiger partial charge in [0.2, 0.25) is 0 Å². The lowest BCUT2D eigenvalue weighted by Crippen LogP contribution is -2.44. The molecule has 0 spiro atoms. The Bertz CT molecular complexity index is 591. The maximum absolute atomic E-state index is 12.4. The quantitative estimate of drug-likeness (QED) is 0.855. The van der Waals surface area contributed by atoms with Gasteiger partial charge in [-0.25, -0.2) is 9.97 Å². The largest absolute Gasteiger partial charge is 0.458 e. The van der Waals surface area contributed by atoms with Gasteiger partial charge in [-0.2, -0.15) is 0 Å². The summed E-state index contributed by atoms with van der Waals surface area (Å²) in [6.45, 7) is 1.26. The van der Waals surface area contributed by atoms with E-state index in [0.717, 1.165) is 19.4 Å². The van der Waals surface area contributed by atoms with Gasteiger partial charge in [-0.1, -0.05) is 6.07 Å². The normalized spacial score (nSPS) is 18.3. The van der Waals surface area contributed by atoms with Crippen LogP contribution in [0, 0.1) is 0 Å². The first-order chi connectivity index (χ1) is 10.3. The predicted molar refractivity (Wildman–Crippen MR) is 75.8 cm³/mol. The second-order valence-corrected chi connectivity index (χ2v) is 4.88. The molecule has 0 aliphatic carbocycles. The van der Waals surface area contributed by atoms with Gasteiger partial charge in [0.15, 0.2) is 0 Å². The second-order valence-electron chi connectivity index (χ2n) is 4.88. The highest BCUT2D eigenvalue weighted by atomic mass is 16.5. The van der Waals surface area contributed by atoms with Crippen LogP contribution in [0.2, 0.25) is 0 Å². The van der Waals surface area contributed by atoms with Crippen molar-refractivity contribution in [2.45, 2.75) is 18.9 Å². The highest BCUT2D eigenvalue weighted by molar-refractivity contribution is 5.92. The van der Waals surface area contributed by atoms with Crippen molar-refractivity contribution in [2.24, 2.45) is 0 Å². The van der Waals surface area contributed by atoms with Crippen LogP contribution in [0.15, 0.2) is 42.9 Å². The number of ether oxygens (including phenoxy) is 1. The third-order valence-corrected chi connectivity index (χ3v) is 3.36. The van der Waals surface area contributed by atoms with Crippen molar-refractivity contribution in [3.05, 3.63) is 48.5 Å². The molecule has 0 radical (unpaired) electrons. The number of nitrogens with zero attached hydrogens (tertiary/aromatic N) is 4. The third kappa shape index (κ3) is 3.34. The molecule has 0 saturated carbocycles. The molecule has 0 aromatic carbocycles. The smallest absolute Gasteiger partial charge is 0.316 e. The Kier molecular flexibility index (Phi) is 4.04. The molecule has 2 aromatic heterocycles. The van der Waals surface area contributed by atoms with Gasteiger partial charge in [0.25, 0.3) is 5.91 Å². The average molecular weight is 284 g/mol. The van der Waals surface area contributed by atoms with Gasteiger partial charge in [0.1, 0.15) is 11.8 Å². The minimum absolute atomic E-state index is 0.0575. The highest BCUT2D eigenvalue weighted by Crippen LogP contribution is 2.16. The molecule has 1 amide bonds. The van der Waals surface area contributed by atoms with Gasteiger partial charge in [0.05, 0.1) is 6.54 Å². The van der Waals surface area contributed by atoms with Crippen LogP contribution in [-0.4, -0.2) is 45.0 Å². The summed E-state index contributed by atoms with van der Waals surface area (Å²) in [5, 5.41) is 0. The molecular weight excluding hydrogens is 268 g/mol. The predicted octanol–water partition coefficient (Wildman–Crippen LogP) is 1.56. The SMILES string of the molecule is O=C(c1ccccn1)N1CCC[C@H](Oc2ncccn2)C1. The molecule has 1 saturated heterocycles. The molecule has 1 atom stereocenters. The van der Waals surface area contributed by atoms with Crippen LogP contribution in [0.1, 0.15) is 23.3 Å². The van der Waals surface area contributed by atoms with E-state index in [4.69, 9.17) is 4.74 Å². The summed E-state index contributed by atoms with van der Waals surface area (Å²) in [6, 6.07) is 7.44. The molecule has 6 nitrogen and oxygen atoms in total. The van der Waals surface area contributed by atoms with Crippen LogP contribution in [0.3, 0.4) is 0 Å². The van der Waals surface area contributed by atoms with E-state index in [1.807, 2.05) is 6.07 Å². The summed E-state index contributed by atoms with van der Waals surface area (Å²) in [6.07, 6.45) is 6.63. The Hall–Kier alpha value is -2.50. The summed E-state index contributed by atoms with van der Waals surface area (Å²) in [4.78, 5) is 26.4. The average Bonchev–Trinajstić information content (AvgIpc) is 2.56. The lowest BCUT2D eigenvalue weighted by molar-refractivity contribution is 0.0511. The monoisotopic (exact) mass is 284 g/mol. The van der Waals surface area contributed by atoms with Crippen LogP contribution in [0.25, 0.3) is 0 Å². The van der Waals surface area contributed by atoms with E-state index in [2.05, 4.69) is 15.0 Å². The molecule has 3 rings (SSSR count). The van der Waals surface area contributed by atoms with E-state index in [1.54, 1.807) is 41.7 Å². The number of pyridine rings is 1. The molecular formula is C15H16N4O2. The first kappa shape index (κ1) is 13.5. The minimum Gasteiger partial charge on any atom is -0.458 e. The zero-order valence-electron chi connectivity index (χ0n) is 11.6. The molecule has 1 aliphatic heterocycles. The maximum Gasteiger partial charge on any atom is 0.316 e. The summed E-state index contributed by atoms with van der Waals surface area (Å²) < 4.78 is 5.74. The molecule has 0 N–H and O–H groups in total. The number of piperidine rings is 1. The number of amides is 1. The van der Waals surface area contributed by atoms with Crippen LogP contribution in [0.4, 0.5) is 0 Å². The van der Waals surface area contributed by atoms with E-state index in [-0.39, 0.29) is 12.0 Å². The molecule has 1 aliphatic rings. The fourth-order valence-corrected chi connectivity index (χ4v) is 2.37. The van der Waals surface area contributed by atoms with Gasteiger partial charge in [0, 0.05) is 25.1 Å². The topological polar surface area (TPSA) is 68.2 Å². The molecule has 3 heterocycles. The first-order valence-corrected chi connectivity index (χ1v) is 6.97. The fourth-order valence-electron chi connectivity index (χ4n) is 2.37. The third-order valence-electron chi connectivity index (χ3n) is 3.36. The fraction of sp³-hybridized carbons (Fsp3) is 0.333. The Morgan fingerprint density at radius 3 is 2.71 bits per heavy atom. The van der Waals surface area contributed by atoms with E-state index in [1.165, 1.54) is 0 Å². The lowest BCUT2D eigenvalue weighted by Gasteiger charge is -2.32. The van der Waals surface area contributed by atoms with Crippen LogP contribution in [-0.2, 0) is 0 Å². The standard InChI is InChI=1S/C15H16N4O2/c20-14(13-6-1-2-7-16-13)19-10-3-5-12(11-19)21-15-17-8-4-9-18-15/h1-2,4,6-9,12H,3,5,10-11H2/t12-/m0/s1. The minimum atomic E-state index is -0.0752. The second kappa shape index (κ2) is 6.30. The van der Waals surface area contributed by atoms with E-state index in [0.29, 0.717) is 18.2 Å². The van der Waals surface area contributed by atoms with Gasteiger partial charge in [-0.3, -0.25) is 9.78 Å². The molecule has 6 heteroatoms. The molecule has 2 aromatic rings. The van der Waals surface area contributed by atoms with Gasteiger partial charge in [-0.15, -0.1) is 0 Å². The number of hydrogen-bond donors (Lipinski definition) is 0. The number of likely N-dealkylation sites (tertiary alicyclic amines) is 1. The number of carbonyl (C=O) groups is 1. The van der Waals surface area contributed by atoms with Crippen molar-refractivity contribution >= 4 is 5.91 Å². The van der Waals surface area contributed by atoms with Crippen molar-refractivity contribution in [1.29, 1.82) is 0 Å². The lowest BCUT2D eigenvalue weighted by atomic mass is 10.1.